The maximum absolute atomic E-state index is 11.3. The summed E-state index contributed by atoms with van der Waals surface area (Å²) in [6, 6.07) is -0.457. The zero-order valence-corrected chi connectivity index (χ0v) is 9.39. The van der Waals surface area contributed by atoms with E-state index in [2.05, 4.69) is 0 Å². The SMILES string of the molecule is CCC(C)OC(=O)[C@@H](N)CCSC. The van der Waals surface area contributed by atoms with Crippen LogP contribution in [0.3, 0.4) is 0 Å². The molecule has 0 spiro atoms. The molecule has 0 aliphatic rings. The summed E-state index contributed by atoms with van der Waals surface area (Å²) in [5.41, 5.74) is 5.62. The molecular weight excluding hydrogens is 186 g/mol. The lowest BCUT2D eigenvalue weighted by atomic mass is 10.2. The fraction of sp³-hybridized carbons (Fsp3) is 0.889. The second kappa shape index (κ2) is 7.21. The molecule has 0 heterocycles. The molecule has 0 aromatic carbocycles. The maximum atomic E-state index is 11.3. The number of carbonyl (C=O) groups excluding carboxylic acids is 1. The van der Waals surface area contributed by atoms with Gasteiger partial charge in [0.15, 0.2) is 0 Å². The van der Waals surface area contributed by atoms with Crippen LogP contribution in [0.15, 0.2) is 0 Å². The standard InChI is InChI=1S/C9H19NO2S/c1-4-7(2)12-9(11)8(10)5-6-13-3/h7-8H,4-6,10H2,1-3H3/t7?,8-/m0/s1. The lowest BCUT2D eigenvalue weighted by Gasteiger charge is -2.14. The second-order valence-electron chi connectivity index (χ2n) is 3.04. The summed E-state index contributed by atoms with van der Waals surface area (Å²) in [5, 5.41) is 0. The summed E-state index contributed by atoms with van der Waals surface area (Å²) in [7, 11) is 0. The van der Waals surface area contributed by atoms with E-state index in [-0.39, 0.29) is 12.1 Å². The Morgan fingerprint density at radius 3 is 2.69 bits per heavy atom. The van der Waals surface area contributed by atoms with E-state index in [9.17, 15) is 4.79 Å². The Morgan fingerprint density at radius 1 is 1.62 bits per heavy atom. The van der Waals surface area contributed by atoms with Gasteiger partial charge < -0.3 is 10.5 Å². The van der Waals surface area contributed by atoms with Crippen LogP contribution in [-0.2, 0) is 9.53 Å². The monoisotopic (exact) mass is 205 g/mol. The highest BCUT2D eigenvalue weighted by Crippen LogP contribution is 2.03. The fourth-order valence-electron chi connectivity index (χ4n) is 0.732. The number of hydrogen-bond donors (Lipinski definition) is 1. The summed E-state index contributed by atoms with van der Waals surface area (Å²) in [4.78, 5) is 11.3. The third-order valence-corrected chi connectivity index (χ3v) is 2.47. The van der Waals surface area contributed by atoms with Crippen LogP contribution >= 0.6 is 11.8 Å². The van der Waals surface area contributed by atoms with Gasteiger partial charge in [-0.3, -0.25) is 4.79 Å². The summed E-state index contributed by atoms with van der Waals surface area (Å²) < 4.78 is 5.09. The molecule has 0 radical (unpaired) electrons. The van der Waals surface area contributed by atoms with Gasteiger partial charge in [-0.15, -0.1) is 0 Å². The maximum Gasteiger partial charge on any atom is 0.323 e. The number of nitrogens with two attached hydrogens (primary N) is 1. The average molecular weight is 205 g/mol. The molecule has 0 aliphatic heterocycles. The van der Waals surface area contributed by atoms with Crippen molar-refractivity contribution in [2.75, 3.05) is 12.0 Å². The molecule has 2 N–H and O–H groups in total. The van der Waals surface area contributed by atoms with E-state index in [0.717, 1.165) is 12.2 Å². The number of hydrogen-bond acceptors (Lipinski definition) is 4. The Morgan fingerprint density at radius 2 is 2.23 bits per heavy atom. The minimum Gasteiger partial charge on any atom is -0.462 e. The van der Waals surface area contributed by atoms with Crippen LogP contribution in [0.25, 0.3) is 0 Å². The van der Waals surface area contributed by atoms with Crippen molar-refractivity contribution in [1.29, 1.82) is 0 Å². The summed E-state index contributed by atoms with van der Waals surface area (Å²) >= 11 is 1.68. The van der Waals surface area contributed by atoms with Gasteiger partial charge in [-0.2, -0.15) is 11.8 Å². The van der Waals surface area contributed by atoms with E-state index < -0.39 is 6.04 Å². The minimum atomic E-state index is -0.457. The molecule has 0 bridgehead atoms. The zero-order valence-electron chi connectivity index (χ0n) is 8.58. The van der Waals surface area contributed by atoms with Crippen molar-refractivity contribution in [2.45, 2.75) is 38.8 Å². The predicted molar refractivity (Wildman–Crippen MR) is 56.8 cm³/mol. The third kappa shape index (κ3) is 5.93. The Balaban J connectivity index is 3.68. The fourth-order valence-corrected chi connectivity index (χ4v) is 1.22. The van der Waals surface area contributed by atoms with Crippen molar-refractivity contribution in [3.63, 3.8) is 0 Å². The first kappa shape index (κ1) is 12.8. The third-order valence-electron chi connectivity index (χ3n) is 1.83. The number of rotatable bonds is 6. The van der Waals surface area contributed by atoms with E-state index in [4.69, 9.17) is 10.5 Å². The molecule has 0 saturated carbocycles. The predicted octanol–water partition coefficient (Wildman–Crippen LogP) is 1.41. The van der Waals surface area contributed by atoms with Crippen molar-refractivity contribution in [2.24, 2.45) is 5.73 Å². The number of esters is 1. The normalized spacial score (nSPS) is 15.1. The van der Waals surface area contributed by atoms with E-state index in [1.807, 2.05) is 20.1 Å². The van der Waals surface area contributed by atoms with Gasteiger partial charge in [0.2, 0.25) is 0 Å². The second-order valence-corrected chi connectivity index (χ2v) is 4.03. The van der Waals surface area contributed by atoms with Crippen LogP contribution in [0.4, 0.5) is 0 Å². The Hall–Kier alpha value is -0.220. The largest absolute Gasteiger partial charge is 0.462 e. The van der Waals surface area contributed by atoms with Gasteiger partial charge in [-0.05, 0) is 31.8 Å². The molecule has 78 valence electrons. The molecule has 0 amide bonds. The van der Waals surface area contributed by atoms with Gasteiger partial charge in [0.25, 0.3) is 0 Å². The highest BCUT2D eigenvalue weighted by Gasteiger charge is 2.16. The van der Waals surface area contributed by atoms with Crippen LogP contribution in [0.5, 0.6) is 0 Å². The molecule has 0 saturated heterocycles. The van der Waals surface area contributed by atoms with Crippen LogP contribution in [0.2, 0.25) is 0 Å². The van der Waals surface area contributed by atoms with Gasteiger partial charge in [-0.25, -0.2) is 0 Å². The molecule has 0 aromatic rings. The van der Waals surface area contributed by atoms with E-state index >= 15 is 0 Å². The van der Waals surface area contributed by atoms with Gasteiger partial charge in [0.1, 0.15) is 6.04 Å². The van der Waals surface area contributed by atoms with Gasteiger partial charge in [-0.1, -0.05) is 6.92 Å². The van der Waals surface area contributed by atoms with E-state index in [1.165, 1.54) is 0 Å². The lowest BCUT2D eigenvalue weighted by molar-refractivity contribution is -0.149. The summed E-state index contributed by atoms with van der Waals surface area (Å²) in [6.45, 7) is 3.85. The molecule has 0 rings (SSSR count). The summed E-state index contributed by atoms with van der Waals surface area (Å²) in [6.07, 6.45) is 3.50. The molecule has 0 aromatic heterocycles. The van der Waals surface area contributed by atoms with E-state index in [0.29, 0.717) is 6.42 Å². The highest BCUT2D eigenvalue weighted by atomic mass is 32.2. The van der Waals surface area contributed by atoms with Crippen LogP contribution in [0, 0.1) is 0 Å². The van der Waals surface area contributed by atoms with Gasteiger partial charge in [0, 0.05) is 0 Å². The molecule has 0 fully saturated rings. The van der Waals surface area contributed by atoms with E-state index in [1.54, 1.807) is 11.8 Å². The van der Waals surface area contributed by atoms with Gasteiger partial charge >= 0.3 is 5.97 Å². The first-order valence-corrected chi connectivity index (χ1v) is 5.96. The number of ether oxygens (including phenoxy) is 1. The lowest BCUT2D eigenvalue weighted by Crippen LogP contribution is -2.34. The molecule has 13 heavy (non-hydrogen) atoms. The molecule has 2 atom stereocenters. The zero-order chi connectivity index (χ0) is 10.3. The van der Waals surface area contributed by atoms with Crippen LogP contribution in [0.1, 0.15) is 26.7 Å². The summed E-state index contributed by atoms with van der Waals surface area (Å²) in [5.74, 6) is 0.625. The van der Waals surface area contributed by atoms with Crippen molar-refractivity contribution in [3.8, 4) is 0 Å². The first-order chi connectivity index (χ1) is 6.11. The van der Waals surface area contributed by atoms with Crippen LogP contribution < -0.4 is 5.73 Å². The van der Waals surface area contributed by atoms with Crippen molar-refractivity contribution in [1.82, 2.24) is 0 Å². The molecule has 4 heteroatoms. The quantitative estimate of drug-likeness (QED) is 0.666. The van der Waals surface area contributed by atoms with Crippen molar-refractivity contribution in [3.05, 3.63) is 0 Å². The highest BCUT2D eigenvalue weighted by molar-refractivity contribution is 7.98. The first-order valence-electron chi connectivity index (χ1n) is 4.56. The molecule has 1 unspecified atom stereocenters. The van der Waals surface area contributed by atoms with Crippen molar-refractivity contribution >= 4 is 17.7 Å². The smallest absolute Gasteiger partial charge is 0.323 e. The Bertz CT molecular complexity index is 153. The minimum absolute atomic E-state index is 0.0205. The Labute approximate surface area is 84.4 Å². The average Bonchev–Trinajstić information content (AvgIpc) is 2.13. The molecule has 3 nitrogen and oxygen atoms in total. The van der Waals surface area contributed by atoms with Crippen LogP contribution in [-0.4, -0.2) is 30.1 Å². The number of carbonyl (C=O) groups is 1. The number of thioether (sulfide) groups is 1. The molecule has 0 aliphatic carbocycles. The molecular formula is C9H19NO2S. The van der Waals surface area contributed by atoms with Gasteiger partial charge in [0.05, 0.1) is 6.10 Å². The van der Waals surface area contributed by atoms with Crippen molar-refractivity contribution < 1.29 is 9.53 Å². The topological polar surface area (TPSA) is 52.3 Å². The Kier molecular flexibility index (Phi) is 7.09.